The van der Waals surface area contributed by atoms with Crippen LogP contribution in [-0.4, -0.2) is 47.1 Å². The van der Waals surface area contributed by atoms with Crippen molar-refractivity contribution in [2.75, 3.05) is 6.61 Å². The Morgan fingerprint density at radius 3 is 2.10 bits per heavy atom. The number of esters is 1. The molecule has 1 aliphatic heterocycles. The predicted molar refractivity (Wildman–Crippen MR) is 104 cm³/mol. The third-order valence-corrected chi connectivity index (χ3v) is 4.57. The number of fused-ring (bicyclic) bond motifs is 1. The lowest BCUT2D eigenvalue weighted by Gasteiger charge is -2.20. The van der Waals surface area contributed by atoms with E-state index in [1.165, 1.54) is 43.3 Å². The number of benzene rings is 2. The summed E-state index contributed by atoms with van der Waals surface area (Å²) in [6.45, 7) is 0.609. The van der Waals surface area contributed by atoms with Gasteiger partial charge in [0.15, 0.2) is 6.61 Å². The molecule has 0 fully saturated rings. The molecule has 0 radical (unpaired) electrons. The first kappa shape index (κ1) is 21.0. The molecule has 0 spiro atoms. The van der Waals surface area contributed by atoms with E-state index in [0.717, 1.165) is 4.90 Å². The Kier molecular flexibility index (Phi) is 6.12. The topological polar surface area (TPSA) is 122 Å². The van der Waals surface area contributed by atoms with E-state index in [1.54, 1.807) is 12.1 Å². The molecular formula is C20H16ClN3O6. The lowest BCUT2D eigenvalue weighted by molar-refractivity contribution is -0.152. The van der Waals surface area contributed by atoms with Crippen molar-refractivity contribution >= 4 is 41.2 Å². The number of halogens is 1. The molecule has 1 aliphatic rings. The predicted octanol–water partition coefficient (Wildman–Crippen LogP) is 1.33. The van der Waals surface area contributed by atoms with Crippen molar-refractivity contribution in [3.63, 3.8) is 0 Å². The van der Waals surface area contributed by atoms with Gasteiger partial charge in [0.25, 0.3) is 23.6 Å². The zero-order valence-electron chi connectivity index (χ0n) is 15.7. The van der Waals surface area contributed by atoms with E-state index >= 15 is 0 Å². The van der Waals surface area contributed by atoms with Gasteiger partial charge < -0.3 is 4.74 Å². The summed E-state index contributed by atoms with van der Waals surface area (Å²) in [6.07, 6.45) is 0. The standard InChI is InChI=1S/C20H16ClN3O6/c1-11(24-18(27)14-4-2-3-5-15(14)19(24)28)20(29)30-10-16(25)22-23-17(26)12-6-8-13(21)9-7-12/h2-9,11H,10H2,1H3,(H,22,25)(H,23,26)/t11-/m0/s1. The SMILES string of the molecule is C[C@@H](C(=O)OCC(=O)NNC(=O)c1ccc(Cl)cc1)N1C(=O)c2ccccc2C1=O. The molecule has 1 heterocycles. The van der Waals surface area contributed by atoms with Gasteiger partial charge >= 0.3 is 5.97 Å². The molecule has 30 heavy (non-hydrogen) atoms. The maximum atomic E-state index is 12.4. The summed E-state index contributed by atoms with van der Waals surface area (Å²) in [6, 6.07) is 10.9. The summed E-state index contributed by atoms with van der Waals surface area (Å²) in [7, 11) is 0. The van der Waals surface area contributed by atoms with Crippen LogP contribution in [0.4, 0.5) is 0 Å². The average molecular weight is 430 g/mol. The minimum atomic E-state index is -1.23. The number of nitrogens with one attached hydrogen (secondary N) is 2. The van der Waals surface area contributed by atoms with Crippen molar-refractivity contribution in [3.8, 4) is 0 Å². The van der Waals surface area contributed by atoms with Crippen LogP contribution in [0.15, 0.2) is 48.5 Å². The monoisotopic (exact) mass is 429 g/mol. The van der Waals surface area contributed by atoms with Crippen molar-refractivity contribution in [1.29, 1.82) is 0 Å². The molecule has 3 rings (SSSR count). The summed E-state index contributed by atoms with van der Waals surface area (Å²) >= 11 is 5.74. The number of rotatable bonds is 5. The second-order valence-corrected chi connectivity index (χ2v) is 6.76. The molecule has 9 nitrogen and oxygen atoms in total. The van der Waals surface area contributed by atoms with Gasteiger partial charge in [-0.15, -0.1) is 0 Å². The van der Waals surface area contributed by atoms with Gasteiger partial charge in [-0.1, -0.05) is 23.7 Å². The van der Waals surface area contributed by atoms with Gasteiger partial charge in [-0.3, -0.25) is 34.9 Å². The van der Waals surface area contributed by atoms with Gasteiger partial charge in [0.2, 0.25) is 0 Å². The number of carbonyl (C=O) groups excluding carboxylic acids is 5. The van der Waals surface area contributed by atoms with Crippen LogP contribution in [0, 0.1) is 0 Å². The molecular weight excluding hydrogens is 414 g/mol. The molecule has 154 valence electrons. The summed E-state index contributed by atoms with van der Waals surface area (Å²) in [4.78, 5) is 61.5. The summed E-state index contributed by atoms with van der Waals surface area (Å²) in [5, 5.41) is 0.453. The van der Waals surface area contributed by atoms with Crippen LogP contribution >= 0.6 is 11.6 Å². The number of carbonyl (C=O) groups is 5. The highest BCUT2D eigenvalue weighted by Gasteiger charge is 2.41. The Balaban J connectivity index is 1.50. The van der Waals surface area contributed by atoms with Crippen LogP contribution in [0.5, 0.6) is 0 Å². The summed E-state index contributed by atoms with van der Waals surface area (Å²) in [5.41, 5.74) is 4.91. The third kappa shape index (κ3) is 4.31. The van der Waals surface area contributed by atoms with Crippen molar-refractivity contribution in [2.45, 2.75) is 13.0 Å². The van der Waals surface area contributed by atoms with Crippen molar-refractivity contribution < 1.29 is 28.7 Å². The molecule has 4 amide bonds. The third-order valence-electron chi connectivity index (χ3n) is 4.32. The molecule has 2 aromatic carbocycles. The van der Waals surface area contributed by atoms with Crippen molar-refractivity contribution in [3.05, 3.63) is 70.2 Å². The van der Waals surface area contributed by atoms with Crippen LogP contribution in [0.25, 0.3) is 0 Å². The van der Waals surface area contributed by atoms with E-state index in [2.05, 4.69) is 10.9 Å². The van der Waals surface area contributed by atoms with Crippen molar-refractivity contribution in [1.82, 2.24) is 15.8 Å². The number of hydrazine groups is 1. The largest absolute Gasteiger partial charge is 0.454 e. The first-order chi connectivity index (χ1) is 14.3. The summed E-state index contributed by atoms with van der Waals surface area (Å²) < 4.78 is 4.86. The number of amides is 4. The molecule has 2 N–H and O–H groups in total. The van der Waals surface area contributed by atoms with Gasteiger partial charge in [-0.25, -0.2) is 4.79 Å². The molecule has 10 heteroatoms. The molecule has 0 bridgehead atoms. The lowest BCUT2D eigenvalue weighted by Crippen LogP contribution is -2.46. The van der Waals surface area contributed by atoms with Crippen LogP contribution in [0.1, 0.15) is 38.0 Å². The fourth-order valence-corrected chi connectivity index (χ4v) is 2.88. The first-order valence-corrected chi connectivity index (χ1v) is 9.15. The second kappa shape index (κ2) is 8.75. The lowest BCUT2D eigenvalue weighted by atomic mass is 10.1. The minimum absolute atomic E-state index is 0.199. The number of ether oxygens (including phenoxy) is 1. The van der Waals surface area contributed by atoms with Crippen LogP contribution in [0.3, 0.4) is 0 Å². The molecule has 0 aromatic heterocycles. The van der Waals surface area contributed by atoms with Gasteiger partial charge in [-0.05, 0) is 43.3 Å². The Morgan fingerprint density at radius 1 is 0.967 bits per heavy atom. The highest BCUT2D eigenvalue weighted by molar-refractivity contribution is 6.30. The highest BCUT2D eigenvalue weighted by Crippen LogP contribution is 2.24. The Morgan fingerprint density at radius 2 is 1.53 bits per heavy atom. The Hall–Kier alpha value is -3.72. The maximum Gasteiger partial charge on any atom is 0.329 e. The van der Waals surface area contributed by atoms with Gasteiger partial charge in [0.05, 0.1) is 11.1 Å². The molecule has 0 saturated heterocycles. The molecule has 0 aliphatic carbocycles. The quantitative estimate of drug-likeness (QED) is 0.420. The normalized spacial score (nSPS) is 13.5. The maximum absolute atomic E-state index is 12.4. The van der Waals surface area contributed by atoms with Gasteiger partial charge in [0.1, 0.15) is 6.04 Å². The highest BCUT2D eigenvalue weighted by atomic mass is 35.5. The van der Waals surface area contributed by atoms with E-state index in [1.807, 2.05) is 0 Å². The van der Waals surface area contributed by atoms with Crippen LogP contribution in [-0.2, 0) is 14.3 Å². The average Bonchev–Trinajstić information content (AvgIpc) is 3.00. The Bertz CT molecular complexity index is 1000. The molecule has 0 unspecified atom stereocenters. The van der Waals surface area contributed by atoms with Crippen LogP contribution < -0.4 is 10.9 Å². The number of imide groups is 1. The van der Waals surface area contributed by atoms with E-state index in [4.69, 9.17) is 16.3 Å². The minimum Gasteiger partial charge on any atom is -0.454 e. The van der Waals surface area contributed by atoms with Gasteiger partial charge in [0, 0.05) is 10.6 Å². The van der Waals surface area contributed by atoms with E-state index in [0.29, 0.717) is 5.02 Å². The first-order valence-electron chi connectivity index (χ1n) is 8.78. The number of hydrogen-bond donors (Lipinski definition) is 2. The molecule has 0 saturated carbocycles. The van der Waals surface area contributed by atoms with Crippen LogP contribution in [0.2, 0.25) is 5.02 Å². The fourth-order valence-electron chi connectivity index (χ4n) is 2.76. The molecule has 1 atom stereocenters. The number of nitrogens with zero attached hydrogens (tertiary/aromatic N) is 1. The van der Waals surface area contributed by atoms with E-state index < -0.39 is 42.2 Å². The Labute approximate surface area is 175 Å². The number of hydrogen-bond acceptors (Lipinski definition) is 6. The molecule has 2 aromatic rings. The smallest absolute Gasteiger partial charge is 0.329 e. The van der Waals surface area contributed by atoms with Gasteiger partial charge in [-0.2, -0.15) is 0 Å². The zero-order valence-corrected chi connectivity index (χ0v) is 16.4. The summed E-state index contributed by atoms with van der Waals surface area (Å²) in [5.74, 6) is -3.56. The zero-order chi connectivity index (χ0) is 21.8. The fraction of sp³-hybridized carbons (Fsp3) is 0.150. The second-order valence-electron chi connectivity index (χ2n) is 6.32. The van der Waals surface area contributed by atoms with Crippen molar-refractivity contribution in [2.24, 2.45) is 0 Å². The van der Waals surface area contributed by atoms with E-state index in [9.17, 15) is 24.0 Å². The van der Waals surface area contributed by atoms with E-state index in [-0.39, 0.29) is 16.7 Å².